The fraction of sp³-hybridized carbons (Fsp3) is 0.286. The molecule has 1 amide bonds. The Morgan fingerprint density at radius 3 is 2.31 bits per heavy atom. The van der Waals surface area contributed by atoms with Crippen LogP contribution in [0.5, 0.6) is 11.5 Å². The number of methoxy groups -OCH3 is 2. The predicted octanol–water partition coefficient (Wildman–Crippen LogP) is 5.42. The Bertz CT molecular complexity index is 822. The number of nitrogens with one attached hydrogen (secondary N) is 1. The molecule has 0 fully saturated rings. The quantitative estimate of drug-likeness (QED) is 0.660. The molecule has 1 N–H and O–H groups in total. The average molecular weight is 418 g/mol. The Morgan fingerprint density at radius 2 is 1.73 bits per heavy atom. The van der Waals surface area contributed by atoms with Gasteiger partial charge in [-0.15, -0.1) is 0 Å². The average Bonchev–Trinajstić information content (AvgIpc) is 2.60. The van der Waals surface area contributed by atoms with Gasteiger partial charge in [0.15, 0.2) is 11.5 Å². The fourth-order valence-corrected chi connectivity index (χ4v) is 2.86. The van der Waals surface area contributed by atoms with Gasteiger partial charge < -0.3 is 14.8 Å². The summed E-state index contributed by atoms with van der Waals surface area (Å²) in [7, 11) is 3.17. The minimum Gasteiger partial charge on any atom is -0.493 e. The summed E-state index contributed by atoms with van der Waals surface area (Å²) >= 11 is 3.53. The second kappa shape index (κ2) is 8.41. The van der Waals surface area contributed by atoms with Gasteiger partial charge in [0.2, 0.25) is 5.91 Å². The van der Waals surface area contributed by atoms with Crippen LogP contribution in [0, 0.1) is 0 Å². The number of benzene rings is 2. The number of hydrogen-bond acceptors (Lipinski definition) is 3. The summed E-state index contributed by atoms with van der Waals surface area (Å²) in [6, 6.07) is 11.5. The number of carbonyl (C=O) groups excluding carboxylic acids is 1. The first-order valence-corrected chi connectivity index (χ1v) is 9.05. The Kier molecular flexibility index (Phi) is 6.48. The van der Waals surface area contributed by atoms with Crippen LogP contribution < -0.4 is 14.8 Å². The van der Waals surface area contributed by atoms with Gasteiger partial charge in [-0.05, 0) is 62.8 Å². The molecule has 26 heavy (non-hydrogen) atoms. The number of hydrogen-bond donors (Lipinski definition) is 1. The molecule has 0 aromatic heterocycles. The molecule has 0 aliphatic carbocycles. The molecule has 0 heterocycles. The minimum absolute atomic E-state index is 0.0540. The molecule has 0 saturated heterocycles. The number of anilines is 1. The van der Waals surface area contributed by atoms with Crippen LogP contribution in [0.25, 0.3) is 6.08 Å². The molecule has 5 heteroatoms. The highest BCUT2D eigenvalue weighted by Gasteiger charge is 2.15. The van der Waals surface area contributed by atoms with E-state index in [1.54, 1.807) is 26.4 Å². The fourth-order valence-electron chi connectivity index (χ4n) is 2.39. The van der Waals surface area contributed by atoms with E-state index in [4.69, 9.17) is 9.47 Å². The molecule has 0 atom stereocenters. The van der Waals surface area contributed by atoms with Gasteiger partial charge >= 0.3 is 0 Å². The van der Waals surface area contributed by atoms with Crippen molar-refractivity contribution in [3.63, 3.8) is 0 Å². The summed E-state index contributed by atoms with van der Waals surface area (Å²) < 4.78 is 11.3. The molecule has 0 aliphatic heterocycles. The Hall–Kier alpha value is -2.27. The lowest BCUT2D eigenvalue weighted by molar-refractivity contribution is -0.111. The van der Waals surface area contributed by atoms with Crippen molar-refractivity contribution in [3.8, 4) is 11.5 Å². The van der Waals surface area contributed by atoms with E-state index in [-0.39, 0.29) is 11.3 Å². The Morgan fingerprint density at radius 1 is 1.04 bits per heavy atom. The molecular formula is C21H24BrNO3. The highest BCUT2D eigenvalue weighted by Crippen LogP contribution is 2.30. The van der Waals surface area contributed by atoms with Crippen molar-refractivity contribution in [2.45, 2.75) is 26.2 Å². The van der Waals surface area contributed by atoms with Crippen LogP contribution >= 0.6 is 15.9 Å². The van der Waals surface area contributed by atoms with Gasteiger partial charge in [-0.3, -0.25) is 4.79 Å². The largest absolute Gasteiger partial charge is 0.493 e. The lowest BCUT2D eigenvalue weighted by Crippen LogP contribution is -2.12. The maximum absolute atomic E-state index is 12.2. The zero-order valence-corrected chi connectivity index (χ0v) is 17.3. The van der Waals surface area contributed by atoms with Crippen molar-refractivity contribution < 1.29 is 14.3 Å². The highest BCUT2D eigenvalue weighted by atomic mass is 79.9. The molecule has 0 unspecified atom stereocenters. The van der Waals surface area contributed by atoms with E-state index in [2.05, 4.69) is 42.0 Å². The minimum atomic E-state index is -0.205. The first kappa shape index (κ1) is 20.0. The topological polar surface area (TPSA) is 47.6 Å². The second-order valence-electron chi connectivity index (χ2n) is 6.88. The van der Waals surface area contributed by atoms with E-state index in [9.17, 15) is 4.79 Å². The van der Waals surface area contributed by atoms with Gasteiger partial charge in [0.05, 0.1) is 19.9 Å². The van der Waals surface area contributed by atoms with Gasteiger partial charge in [0.1, 0.15) is 0 Å². The zero-order chi connectivity index (χ0) is 19.3. The third-order valence-corrected chi connectivity index (χ3v) is 4.58. The van der Waals surface area contributed by atoms with E-state index in [1.165, 1.54) is 11.6 Å². The SMILES string of the molecule is COc1ccc(/C=C/C(=O)Nc2ccc(C(C)(C)C)cc2Br)cc1OC. The van der Waals surface area contributed by atoms with Crippen LogP contribution in [0.1, 0.15) is 31.9 Å². The first-order valence-electron chi connectivity index (χ1n) is 8.25. The molecule has 0 bridgehead atoms. The Balaban J connectivity index is 2.10. The van der Waals surface area contributed by atoms with Crippen molar-refractivity contribution in [2.24, 2.45) is 0 Å². The van der Waals surface area contributed by atoms with E-state index >= 15 is 0 Å². The number of carbonyl (C=O) groups is 1. The number of halogens is 1. The van der Waals surface area contributed by atoms with Gasteiger partial charge in [-0.2, -0.15) is 0 Å². The standard InChI is InChI=1S/C21H24BrNO3/c1-21(2,3)15-8-9-17(16(22)13-15)23-20(24)11-7-14-6-10-18(25-4)19(12-14)26-5/h6-13H,1-5H3,(H,23,24)/b11-7+. The van der Waals surface area contributed by atoms with Gasteiger partial charge in [0.25, 0.3) is 0 Å². The summed E-state index contributed by atoms with van der Waals surface area (Å²) in [5.41, 5.74) is 2.83. The normalized spacial score (nSPS) is 11.5. The maximum Gasteiger partial charge on any atom is 0.248 e. The summed E-state index contributed by atoms with van der Waals surface area (Å²) in [4.78, 5) is 12.2. The highest BCUT2D eigenvalue weighted by molar-refractivity contribution is 9.10. The molecule has 2 rings (SSSR count). The van der Waals surface area contributed by atoms with Crippen molar-refractivity contribution >= 4 is 33.6 Å². The van der Waals surface area contributed by atoms with Crippen LogP contribution in [0.3, 0.4) is 0 Å². The Labute approximate surface area is 163 Å². The maximum atomic E-state index is 12.2. The van der Waals surface area contributed by atoms with Crippen LogP contribution in [0.4, 0.5) is 5.69 Å². The molecule has 0 spiro atoms. The first-order chi connectivity index (χ1) is 12.2. The van der Waals surface area contributed by atoms with Crippen molar-refractivity contribution in [1.29, 1.82) is 0 Å². The molecule has 138 valence electrons. The lowest BCUT2D eigenvalue weighted by atomic mass is 9.87. The number of rotatable bonds is 5. The molecule has 0 saturated carbocycles. The van der Waals surface area contributed by atoms with Gasteiger partial charge in [0, 0.05) is 10.5 Å². The van der Waals surface area contributed by atoms with E-state index in [1.807, 2.05) is 30.3 Å². The van der Waals surface area contributed by atoms with Crippen molar-refractivity contribution in [1.82, 2.24) is 0 Å². The van der Waals surface area contributed by atoms with Crippen LogP contribution in [0.15, 0.2) is 46.9 Å². The molecule has 2 aromatic rings. The lowest BCUT2D eigenvalue weighted by Gasteiger charge is -2.20. The van der Waals surface area contributed by atoms with Crippen molar-refractivity contribution in [3.05, 3.63) is 58.1 Å². The van der Waals surface area contributed by atoms with Gasteiger partial charge in [-0.1, -0.05) is 32.9 Å². The molecule has 2 aromatic carbocycles. The smallest absolute Gasteiger partial charge is 0.248 e. The monoisotopic (exact) mass is 417 g/mol. The molecule has 0 radical (unpaired) electrons. The van der Waals surface area contributed by atoms with Crippen LogP contribution in [0.2, 0.25) is 0 Å². The van der Waals surface area contributed by atoms with E-state index < -0.39 is 0 Å². The number of ether oxygens (including phenoxy) is 2. The summed E-state index contributed by atoms with van der Waals surface area (Å²) in [6.45, 7) is 6.46. The van der Waals surface area contributed by atoms with E-state index in [0.717, 1.165) is 15.7 Å². The molecule has 4 nitrogen and oxygen atoms in total. The zero-order valence-electron chi connectivity index (χ0n) is 15.7. The van der Waals surface area contributed by atoms with Gasteiger partial charge in [-0.25, -0.2) is 0 Å². The van der Waals surface area contributed by atoms with Crippen LogP contribution in [-0.4, -0.2) is 20.1 Å². The third-order valence-electron chi connectivity index (χ3n) is 3.93. The van der Waals surface area contributed by atoms with E-state index in [0.29, 0.717) is 11.5 Å². The summed E-state index contributed by atoms with van der Waals surface area (Å²) in [5, 5.41) is 2.88. The number of amides is 1. The molecule has 0 aliphatic rings. The summed E-state index contributed by atoms with van der Waals surface area (Å²) in [6.07, 6.45) is 3.22. The second-order valence-corrected chi connectivity index (χ2v) is 7.74. The van der Waals surface area contributed by atoms with Crippen molar-refractivity contribution in [2.75, 3.05) is 19.5 Å². The predicted molar refractivity (Wildman–Crippen MR) is 110 cm³/mol. The molecular weight excluding hydrogens is 394 g/mol. The summed E-state index contributed by atoms with van der Waals surface area (Å²) in [5.74, 6) is 1.07. The third kappa shape index (κ3) is 5.11. The van der Waals surface area contributed by atoms with Crippen LogP contribution in [-0.2, 0) is 10.2 Å².